The molecule has 2 unspecified atom stereocenters. The van der Waals surface area contributed by atoms with Crippen molar-refractivity contribution in [1.29, 1.82) is 0 Å². The van der Waals surface area contributed by atoms with Crippen LogP contribution in [0.15, 0.2) is 18.2 Å². The van der Waals surface area contributed by atoms with E-state index in [9.17, 15) is 9.00 Å². The Kier molecular flexibility index (Phi) is 5.62. The molecular weight excluding hydrogens is 376 g/mol. The topological polar surface area (TPSA) is 43.4 Å². The van der Waals surface area contributed by atoms with Crippen LogP contribution in [0.1, 0.15) is 37.3 Å². The Hall–Kier alpha value is -0.810. The maximum absolute atomic E-state index is 12.8. The molecule has 2 atom stereocenters. The minimum absolute atomic E-state index is 0.140. The number of Topliss-reactive ketones (excluding diaryl/α,β-unsaturated/α-hetero) is 1. The van der Waals surface area contributed by atoms with E-state index in [0.29, 0.717) is 0 Å². The molecule has 0 aromatic heterocycles. The van der Waals surface area contributed by atoms with Gasteiger partial charge >= 0.3 is 0 Å². The number of hydrogen-bond donors (Lipinski definition) is 0. The minimum Gasteiger partial charge on any atom is -0.497 e. The molecule has 128 valence electrons. The lowest BCUT2D eigenvalue weighted by Crippen LogP contribution is -2.43. The second-order valence-electron chi connectivity index (χ2n) is 6.76. The number of alkyl halides is 1. The summed E-state index contributed by atoms with van der Waals surface area (Å²) in [5.41, 5.74) is 1.76. The van der Waals surface area contributed by atoms with Crippen molar-refractivity contribution in [2.45, 2.75) is 42.8 Å². The maximum atomic E-state index is 12.8. The third-order valence-electron chi connectivity index (χ3n) is 4.54. The Balaban J connectivity index is 2.31. The summed E-state index contributed by atoms with van der Waals surface area (Å²) in [7, 11) is -0.188. The van der Waals surface area contributed by atoms with Gasteiger partial charge in [-0.3, -0.25) is 9.00 Å². The molecule has 2 rings (SSSR count). The van der Waals surface area contributed by atoms with Crippen LogP contribution < -0.4 is 4.74 Å². The molecule has 0 bridgehead atoms. The summed E-state index contributed by atoms with van der Waals surface area (Å²) in [6.45, 7) is 2.02. The number of methoxy groups -OCH3 is 1. The summed E-state index contributed by atoms with van der Waals surface area (Å²) in [4.78, 5) is 12.7. The zero-order chi connectivity index (χ0) is 17.3. The lowest BCUT2D eigenvalue weighted by molar-refractivity contribution is -0.124. The van der Waals surface area contributed by atoms with E-state index in [-0.39, 0.29) is 10.6 Å². The highest BCUT2D eigenvalue weighted by Crippen LogP contribution is 2.41. The van der Waals surface area contributed by atoms with Crippen LogP contribution >= 0.6 is 15.9 Å². The first-order valence-electron chi connectivity index (χ1n) is 7.80. The van der Waals surface area contributed by atoms with Crippen LogP contribution in [0.25, 0.3) is 0 Å². The van der Waals surface area contributed by atoms with E-state index in [1.54, 1.807) is 19.6 Å². The van der Waals surface area contributed by atoms with E-state index in [4.69, 9.17) is 4.74 Å². The maximum Gasteiger partial charge on any atom is 0.157 e. The lowest BCUT2D eigenvalue weighted by Gasteiger charge is -2.37. The van der Waals surface area contributed by atoms with Gasteiger partial charge in [-0.05, 0) is 70.8 Å². The Morgan fingerprint density at radius 2 is 2.13 bits per heavy atom. The van der Waals surface area contributed by atoms with Gasteiger partial charge in [-0.25, -0.2) is 0 Å². The summed E-state index contributed by atoms with van der Waals surface area (Å²) in [6.07, 6.45) is 6.57. The van der Waals surface area contributed by atoms with Crippen LogP contribution in [0.4, 0.5) is 0 Å². The SMILES string of the molecule is COc1ccc2c(c1)C(C)(CCCC=S(C)(C)=O)C(=O)C(Br)C2. The Labute approximate surface area is 147 Å². The van der Waals surface area contributed by atoms with Crippen LogP contribution in [0.3, 0.4) is 0 Å². The number of ketones is 1. The second-order valence-corrected chi connectivity index (χ2v) is 10.8. The largest absolute Gasteiger partial charge is 0.497 e. The Morgan fingerprint density at radius 1 is 1.43 bits per heavy atom. The van der Waals surface area contributed by atoms with Gasteiger partial charge in [0.1, 0.15) is 5.75 Å². The molecule has 0 saturated carbocycles. The van der Waals surface area contributed by atoms with Crippen molar-refractivity contribution in [3.05, 3.63) is 29.3 Å². The molecule has 1 aromatic carbocycles. The van der Waals surface area contributed by atoms with Crippen molar-refractivity contribution >= 4 is 36.6 Å². The number of hydrogen-bond acceptors (Lipinski definition) is 3. The highest BCUT2D eigenvalue weighted by Gasteiger charge is 2.43. The van der Waals surface area contributed by atoms with E-state index >= 15 is 0 Å². The molecule has 0 amide bonds. The molecule has 5 heteroatoms. The van der Waals surface area contributed by atoms with Crippen LogP contribution in [0.5, 0.6) is 5.75 Å². The van der Waals surface area contributed by atoms with E-state index in [2.05, 4.69) is 22.0 Å². The Bertz CT molecular complexity index is 711. The number of benzene rings is 1. The summed E-state index contributed by atoms with van der Waals surface area (Å²) in [5, 5.41) is 1.88. The lowest BCUT2D eigenvalue weighted by atomic mass is 9.67. The van der Waals surface area contributed by atoms with Gasteiger partial charge in [-0.15, -0.1) is 0 Å². The molecule has 0 fully saturated rings. The number of fused-ring (bicyclic) bond motifs is 1. The molecule has 1 aliphatic rings. The van der Waals surface area contributed by atoms with E-state index in [0.717, 1.165) is 37.0 Å². The zero-order valence-electron chi connectivity index (χ0n) is 14.2. The predicted octanol–water partition coefficient (Wildman–Crippen LogP) is 3.36. The average molecular weight is 401 g/mol. The van der Waals surface area contributed by atoms with E-state index in [1.807, 2.05) is 24.4 Å². The van der Waals surface area contributed by atoms with Crippen LogP contribution in [0, 0.1) is 0 Å². The molecule has 0 aliphatic heterocycles. The molecule has 1 aliphatic carbocycles. The van der Waals surface area contributed by atoms with E-state index in [1.165, 1.54) is 5.56 Å². The van der Waals surface area contributed by atoms with Gasteiger partial charge in [0.05, 0.1) is 17.4 Å². The molecule has 0 heterocycles. The molecule has 0 N–H and O–H groups in total. The van der Waals surface area contributed by atoms with Crippen molar-refractivity contribution in [3.63, 3.8) is 0 Å². The zero-order valence-corrected chi connectivity index (χ0v) is 16.6. The normalized spacial score (nSPS) is 24.2. The first kappa shape index (κ1) is 18.5. The fourth-order valence-corrected chi connectivity index (χ4v) is 4.81. The number of halogens is 1. The van der Waals surface area contributed by atoms with Crippen molar-refractivity contribution in [2.24, 2.45) is 0 Å². The van der Waals surface area contributed by atoms with Crippen molar-refractivity contribution in [2.75, 3.05) is 19.6 Å². The molecule has 0 saturated heterocycles. The van der Waals surface area contributed by atoms with Gasteiger partial charge in [0.15, 0.2) is 5.78 Å². The monoisotopic (exact) mass is 400 g/mol. The number of carbonyl (C=O) groups is 1. The van der Waals surface area contributed by atoms with Gasteiger partial charge in [0.25, 0.3) is 0 Å². The first-order chi connectivity index (χ1) is 10.7. The van der Waals surface area contributed by atoms with Gasteiger partial charge in [0, 0.05) is 12.5 Å². The Morgan fingerprint density at radius 3 is 2.74 bits per heavy atom. The highest BCUT2D eigenvalue weighted by molar-refractivity contribution is 9.10. The van der Waals surface area contributed by atoms with Crippen molar-refractivity contribution in [1.82, 2.24) is 0 Å². The number of rotatable bonds is 5. The molecular formula is C18H25BrO3S. The minimum atomic E-state index is -1.83. The van der Waals surface area contributed by atoms with Crippen molar-refractivity contribution in [3.8, 4) is 5.75 Å². The summed E-state index contributed by atoms with van der Waals surface area (Å²) < 4.78 is 17.1. The molecule has 23 heavy (non-hydrogen) atoms. The number of ether oxygens (including phenoxy) is 1. The third kappa shape index (κ3) is 4.18. The van der Waals surface area contributed by atoms with Gasteiger partial charge in [-0.1, -0.05) is 22.0 Å². The van der Waals surface area contributed by atoms with Crippen LogP contribution in [-0.2, 0) is 26.2 Å². The predicted molar refractivity (Wildman–Crippen MR) is 102 cm³/mol. The fourth-order valence-electron chi connectivity index (χ4n) is 3.22. The standard InChI is InChI=1S/C18H25BrO3S/c1-18(9-5-6-10-23(3,4)21)15-12-14(22-2)8-7-13(15)11-16(19)17(18)20/h7-8,10,12,16H,5-6,9,11H2,1-4H3. The van der Waals surface area contributed by atoms with Crippen molar-refractivity contribution < 1.29 is 13.7 Å². The van der Waals surface area contributed by atoms with Gasteiger partial charge in [0.2, 0.25) is 0 Å². The molecule has 3 nitrogen and oxygen atoms in total. The summed E-state index contributed by atoms with van der Waals surface area (Å²) in [5.74, 6) is 1.01. The van der Waals surface area contributed by atoms with E-state index < -0.39 is 14.9 Å². The highest BCUT2D eigenvalue weighted by atomic mass is 79.9. The van der Waals surface area contributed by atoms with Gasteiger partial charge in [-0.2, -0.15) is 0 Å². The molecule has 1 aromatic rings. The third-order valence-corrected chi connectivity index (χ3v) is 6.32. The quantitative estimate of drug-likeness (QED) is 0.432. The fraction of sp³-hybridized carbons (Fsp3) is 0.556. The summed E-state index contributed by atoms with van der Waals surface area (Å²) in [6, 6.07) is 6.01. The van der Waals surface area contributed by atoms with Gasteiger partial charge < -0.3 is 4.74 Å². The molecule has 0 spiro atoms. The smallest absolute Gasteiger partial charge is 0.157 e. The average Bonchev–Trinajstić information content (AvgIpc) is 2.49. The molecule has 0 radical (unpaired) electrons. The first-order valence-corrected chi connectivity index (χ1v) is 11.2. The number of carbonyl (C=O) groups excluding carboxylic acids is 1. The second kappa shape index (κ2) is 6.98. The van der Waals surface area contributed by atoms with Crippen LogP contribution in [-0.4, -0.2) is 39.8 Å². The summed E-state index contributed by atoms with van der Waals surface area (Å²) >= 11 is 3.54. The van der Waals surface area contributed by atoms with Crippen LogP contribution in [0.2, 0.25) is 0 Å². The number of unbranched alkanes of at least 4 members (excludes halogenated alkanes) is 1.